The van der Waals surface area contributed by atoms with Crippen molar-refractivity contribution in [3.63, 3.8) is 0 Å². The molecule has 1 N–H and O–H groups in total. The first kappa shape index (κ1) is 16.7. The third kappa shape index (κ3) is 2.52. The predicted octanol–water partition coefficient (Wildman–Crippen LogP) is 1.37. The Kier molecular flexibility index (Phi) is 3.54. The molecule has 30 heavy (non-hydrogen) atoms. The summed E-state index contributed by atoms with van der Waals surface area (Å²) in [4.78, 5) is 25.7. The van der Waals surface area contributed by atoms with Crippen LogP contribution in [0.15, 0.2) is 47.8 Å². The summed E-state index contributed by atoms with van der Waals surface area (Å²) in [7, 11) is 0. The predicted molar refractivity (Wildman–Crippen MR) is 105 cm³/mol. The minimum atomic E-state index is -0.286. The van der Waals surface area contributed by atoms with Gasteiger partial charge in [0.2, 0.25) is 5.95 Å². The summed E-state index contributed by atoms with van der Waals surface area (Å²) in [5.74, 6) is 2.56. The van der Waals surface area contributed by atoms with E-state index >= 15 is 0 Å². The van der Waals surface area contributed by atoms with Gasteiger partial charge in [-0.15, -0.1) is 5.10 Å². The van der Waals surface area contributed by atoms with E-state index in [0.717, 1.165) is 12.0 Å². The number of rotatable bonds is 2. The first-order valence-corrected chi connectivity index (χ1v) is 9.31. The Labute approximate surface area is 167 Å². The number of hydrogen-bond acceptors (Lipinski definition) is 8. The van der Waals surface area contributed by atoms with Gasteiger partial charge in [-0.25, -0.2) is 10.1 Å². The summed E-state index contributed by atoms with van der Waals surface area (Å²) in [5.41, 5.74) is 1.08. The second-order valence-electron chi connectivity index (χ2n) is 6.72. The zero-order valence-corrected chi connectivity index (χ0v) is 15.5. The number of hydrogen-bond donors (Lipinski definition) is 1. The lowest BCUT2D eigenvalue weighted by Gasteiger charge is -2.07. The summed E-state index contributed by atoms with van der Waals surface area (Å²) < 4.78 is 14.4. The van der Waals surface area contributed by atoms with Crippen molar-refractivity contribution in [2.45, 2.75) is 6.42 Å². The largest absolute Gasteiger partial charge is 0.490 e. The van der Waals surface area contributed by atoms with Crippen LogP contribution in [0.2, 0.25) is 0 Å². The van der Waals surface area contributed by atoms with Crippen LogP contribution in [-0.2, 0) is 0 Å². The molecule has 0 fully saturated rings. The normalized spacial score (nSPS) is 13.6. The molecule has 0 atom stereocenters. The minimum Gasteiger partial charge on any atom is -0.490 e. The van der Waals surface area contributed by atoms with E-state index < -0.39 is 0 Å². The standard InChI is InChI=1S/C19H14N8O3/c28-17-12-9-20-18-23-16(11-2-3-14-15(8-11)30-7-1-6-29-14)25-27(18)13(12)4-5-26(17)19-21-10-22-24-19/h2-5,8-10H,1,6-7H2,(H,21,22,24). The van der Waals surface area contributed by atoms with E-state index in [1.54, 1.807) is 16.8 Å². The first-order chi connectivity index (χ1) is 14.8. The Hall–Kier alpha value is -4.28. The highest BCUT2D eigenvalue weighted by molar-refractivity contribution is 5.79. The second kappa shape index (κ2) is 6.37. The number of ether oxygens (including phenoxy) is 2. The fraction of sp³-hybridized carbons (Fsp3) is 0.158. The number of nitrogens with one attached hydrogen (secondary N) is 1. The van der Waals surface area contributed by atoms with Crippen LogP contribution in [0.5, 0.6) is 11.5 Å². The quantitative estimate of drug-likeness (QED) is 0.469. The molecule has 5 heterocycles. The number of aromatic nitrogens is 8. The Morgan fingerprint density at radius 3 is 2.83 bits per heavy atom. The van der Waals surface area contributed by atoms with E-state index in [1.165, 1.54) is 17.1 Å². The molecule has 1 aromatic carbocycles. The van der Waals surface area contributed by atoms with Crippen LogP contribution in [-0.4, -0.2) is 52.5 Å². The van der Waals surface area contributed by atoms with Gasteiger partial charge in [0.05, 0.1) is 24.1 Å². The minimum absolute atomic E-state index is 0.286. The first-order valence-electron chi connectivity index (χ1n) is 9.31. The van der Waals surface area contributed by atoms with Crippen molar-refractivity contribution in [2.75, 3.05) is 13.2 Å². The Balaban J connectivity index is 1.50. The van der Waals surface area contributed by atoms with Gasteiger partial charge in [-0.2, -0.15) is 19.6 Å². The molecule has 11 heteroatoms. The van der Waals surface area contributed by atoms with Crippen LogP contribution in [0, 0.1) is 0 Å². The highest BCUT2D eigenvalue weighted by Gasteiger charge is 2.16. The molecular weight excluding hydrogens is 388 g/mol. The Morgan fingerprint density at radius 1 is 1.07 bits per heavy atom. The van der Waals surface area contributed by atoms with Gasteiger partial charge >= 0.3 is 0 Å². The number of nitrogens with zero attached hydrogens (tertiary/aromatic N) is 7. The zero-order valence-electron chi connectivity index (χ0n) is 15.5. The van der Waals surface area contributed by atoms with E-state index in [2.05, 4.69) is 30.2 Å². The molecule has 0 aliphatic carbocycles. The molecule has 4 aromatic heterocycles. The van der Waals surface area contributed by atoms with Crippen LogP contribution < -0.4 is 15.0 Å². The molecule has 0 unspecified atom stereocenters. The summed E-state index contributed by atoms with van der Waals surface area (Å²) in [6.07, 6.45) is 5.27. The van der Waals surface area contributed by atoms with Gasteiger partial charge in [0.25, 0.3) is 11.3 Å². The molecule has 5 aromatic rings. The van der Waals surface area contributed by atoms with Gasteiger partial charge in [-0.1, -0.05) is 0 Å². The Morgan fingerprint density at radius 2 is 1.97 bits per heavy atom. The fourth-order valence-corrected chi connectivity index (χ4v) is 3.43. The summed E-state index contributed by atoms with van der Waals surface area (Å²) in [6.45, 7) is 1.22. The smallest absolute Gasteiger partial charge is 0.268 e. The monoisotopic (exact) mass is 402 g/mol. The van der Waals surface area contributed by atoms with Crippen molar-refractivity contribution < 1.29 is 9.47 Å². The van der Waals surface area contributed by atoms with E-state index in [0.29, 0.717) is 53.2 Å². The van der Waals surface area contributed by atoms with Crippen molar-refractivity contribution in [2.24, 2.45) is 0 Å². The highest BCUT2D eigenvalue weighted by atomic mass is 16.5. The summed E-state index contributed by atoms with van der Waals surface area (Å²) in [6, 6.07) is 7.35. The van der Waals surface area contributed by atoms with Crippen LogP contribution in [0.3, 0.4) is 0 Å². The third-order valence-corrected chi connectivity index (χ3v) is 4.87. The van der Waals surface area contributed by atoms with Crippen molar-refractivity contribution >= 4 is 16.7 Å². The highest BCUT2D eigenvalue weighted by Crippen LogP contribution is 2.33. The van der Waals surface area contributed by atoms with Crippen LogP contribution in [0.4, 0.5) is 0 Å². The van der Waals surface area contributed by atoms with Crippen molar-refractivity contribution in [1.29, 1.82) is 0 Å². The van der Waals surface area contributed by atoms with Crippen molar-refractivity contribution in [1.82, 2.24) is 39.3 Å². The number of aromatic amines is 1. The maximum Gasteiger partial charge on any atom is 0.268 e. The molecule has 0 radical (unpaired) electrons. The number of fused-ring (bicyclic) bond motifs is 4. The molecule has 0 saturated carbocycles. The van der Waals surface area contributed by atoms with Crippen molar-refractivity contribution in [3.05, 3.63) is 53.3 Å². The van der Waals surface area contributed by atoms with E-state index in [1.807, 2.05) is 18.2 Å². The van der Waals surface area contributed by atoms with Crippen molar-refractivity contribution in [3.8, 4) is 28.8 Å². The summed E-state index contributed by atoms with van der Waals surface area (Å²) >= 11 is 0. The van der Waals surface area contributed by atoms with E-state index in [4.69, 9.17) is 9.47 Å². The van der Waals surface area contributed by atoms with Gasteiger partial charge in [-0.3, -0.25) is 9.36 Å². The molecule has 0 spiro atoms. The lowest BCUT2D eigenvalue weighted by Crippen LogP contribution is -2.19. The van der Waals surface area contributed by atoms with Crippen LogP contribution >= 0.6 is 0 Å². The lowest BCUT2D eigenvalue weighted by molar-refractivity contribution is 0.297. The van der Waals surface area contributed by atoms with Gasteiger partial charge in [-0.05, 0) is 24.3 Å². The SMILES string of the molecule is O=c1c2cnc3nc(-c4ccc5c(c4)OCCCO5)nn3c2ccn1-c1ncn[nH]1. The van der Waals surface area contributed by atoms with Gasteiger partial charge in [0.15, 0.2) is 17.3 Å². The van der Waals surface area contributed by atoms with Crippen LogP contribution in [0.25, 0.3) is 34.0 Å². The zero-order chi connectivity index (χ0) is 20.1. The fourth-order valence-electron chi connectivity index (χ4n) is 3.43. The maximum absolute atomic E-state index is 12.9. The average Bonchev–Trinajstić information content (AvgIpc) is 3.39. The van der Waals surface area contributed by atoms with Gasteiger partial charge in [0.1, 0.15) is 6.33 Å². The molecule has 6 rings (SSSR count). The lowest BCUT2D eigenvalue weighted by atomic mass is 10.2. The van der Waals surface area contributed by atoms with E-state index in [9.17, 15) is 4.79 Å². The molecule has 0 amide bonds. The van der Waals surface area contributed by atoms with E-state index in [-0.39, 0.29) is 5.56 Å². The molecule has 0 saturated heterocycles. The molecule has 0 bridgehead atoms. The average molecular weight is 402 g/mol. The van der Waals surface area contributed by atoms with Crippen LogP contribution in [0.1, 0.15) is 6.42 Å². The van der Waals surface area contributed by atoms with Gasteiger partial charge < -0.3 is 9.47 Å². The second-order valence-corrected chi connectivity index (χ2v) is 6.72. The number of H-pyrrole nitrogens is 1. The number of pyridine rings is 1. The Bertz CT molecular complexity index is 1450. The maximum atomic E-state index is 12.9. The number of benzene rings is 1. The third-order valence-electron chi connectivity index (χ3n) is 4.87. The van der Waals surface area contributed by atoms with Gasteiger partial charge in [0, 0.05) is 24.4 Å². The summed E-state index contributed by atoms with van der Waals surface area (Å²) in [5, 5.41) is 11.4. The molecule has 1 aliphatic heterocycles. The topological polar surface area (TPSA) is 125 Å². The molecular formula is C19H14N8O3. The molecule has 1 aliphatic rings. The molecule has 148 valence electrons. The molecule has 11 nitrogen and oxygen atoms in total.